The van der Waals surface area contributed by atoms with Crippen molar-refractivity contribution in [1.82, 2.24) is 10.2 Å². The molecule has 0 saturated carbocycles. The lowest BCUT2D eigenvalue weighted by Crippen LogP contribution is -2.45. The number of non-ortho nitro benzene ring substituents is 1. The molecule has 7 heteroatoms. The Labute approximate surface area is 114 Å². The van der Waals surface area contributed by atoms with Crippen molar-refractivity contribution in [2.24, 2.45) is 0 Å². The van der Waals surface area contributed by atoms with Gasteiger partial charge in [-0.25, -0.2) is 0 Å². The fourth-order valence-corrected chi connectivity index (χ4v) is 2.76. The Morgan fingerprint density at radius 2 is 1.80 bits per heavy atom. The predicted molar refractivity (Wildman–Crippen MR) is 69.5 cm³/mol. The summed E-state index contributed by atoms with van der Waals surface area (Å²) in [4.78, 5) is 36.1. The maximum Gasteiger partial charge on any atom is 0.270 e. The average molecular weight is 275 g/mol. The molecule has 104 valence electrons. The first-order valence-electron chi connectivity index (χ1n) is 6.46. The van der Waals surface area contributed by atoms with Crippen molar-refractivity contribution >= 4 is 17.5 Å². The SMILES string of the molecule is O=C1c2ccc([N+](=O)[O-])cc2C(=O)N1C1CCNCC1. The highest BCUT2D eigenvalue weighted by atomic mass is 16.6. The van der Waals surface area contributed by atoms with Crippen molar-refractivity contribution in [2.75, 3.05) is 13.1 Å². The Hall–Kier alpha value is -2.28. The second-order valence-electron chi connectivity index (χ2n) is 4.95. The summed E-state index contributed by atoms with van der Waals surface area (Å²) in [5.41, 5.74) is 0.235. The molecular formula is C13H13N3O4. The van der Waals surface area contributed by atoms with Crippen LogP contribution in [0.5, 0.6) is 0 Å². The second kappa shape index (κ2) is 4.68. The molecule has 0 aliphatic carbocycles. The van der Waals surface area contributed by atoms with E-state index >= 15 is 0 Å². The van der Waals surface area contributed by atoms with Gasteiger partial charge in [-0.15, -0.1) is 0 Å². The van der Waals surface area contributed by atoms with E-state index in [0.717, 1.165) is 13.1 Å². The Bertz CT molecular complexity index is 608. The largest absolute Gasteiger partial charge is 0.317 e. The minimum atomic E-state index is -0.564. The molecule has 2 aliphatic rings. The van der Waals surface area contributed by atoms with Crippen LogP contribution in [0.4, 0.5) is 5.69 Å². The number of rotatable bonds is 2. The Balaban J connectivity index is 1.96. The van der Waals surface area contributed by atoms with Crippen molar-refractivity contribution < 1.29 is 14.5 Å². The molecule has 1 fully saturated rings. The smallest absolute Gasteiger partial charge is 0.270 e. The molecule has 1 aromatic rings. The van der Waals surface area contributed by atoms with E-state index in [0.29, 0.717) is 12.8 Å². The topological polar surface area (TPSA) is 92.5 Å². The van der Waals surface area contributed by atoms with Crippen LogP contribution in [-0.2, 0) is 0 Å². The third kappa shape index (κ3) is 1.87. The lowest BCUT2D eigenvalue weighted by molar-refractivity contribution is -0.384. The summed E-state index contributed by atoms with van der Waals surface area (Å²) < 4.78 is 0. The summed E-state index contributed by atoms with van der Waals surface area (Å²) in [6, 6.07) is 3.70. The number of nitrogens with one attached hydrogen (secondary N) is 1. The minimum Gasteiger partial charge on any atom is -0.317 e. The maximum atomic E-state index is 12.3. The van der Waals surface area contributed by atoms with E-state index in [4.69, 9.17) is 0 Å². The van der Waals surface area contributed by atoms with Gasteiger partial charge in [0, 0.05) is 18.2 Å². The van der Waals surface area contributed by atoms with Crippen LogP contribution in [0.1, 0.15) is 33.6 Å². The van der Waals surface area contributed by atoms with Gasteiger partial charge in [-0.05, 0) is 32.0 Å². The lowest BCUT2D eigenvalue weighted by Gasteiger charge is -2.29. The van der Waals surface area contributed by atoms with Crippen molar-refractivity contribution in [3.8, 4) is 0 Å². The molecule has 3 rings (SSSR count). The van der Waals surface area contributed by atoms with Gasteiger partial charge in [0.1, 0.15) is 0 Å². The third-order valence-electron chi connectivity index (χ3n) is 3.79. The molecule has 2 amide bonds. The normalized spacial score (nSPS) is 19.3. The predicted octanol–water partition coefficient (Wildman–Crippen LogP) is 0.943. The summed E-state index contributed by atoms with van der Waals surface area (Å²) >= 11 is 0. The zero-order chi connectivity index (χ0) is 14.3. The van der Waals surface area contributed by atoms with Gasteiger partial charge in [-0.1, -0.05) is 0 Å². The summed E-state index contributed by atoms with van der Waals surface area (Å²) in [5, 5.41) is 13.9. The van der Waals surface area contributed by atoms with Gasteiger partial charge in [0.2, 0.25) is 0 Å². The van der Waals surface area contributed by atoms with Crippen LogP contribution >= 0.6 is 0 Å². The van der Waals surface area contributed by atoms with E-state index < -0.39 is 10.8 Å². The number of nitrogens with zero attached hydrogens (tertiary/aromatic N) is 2. The summed E-state index contributed by atoms with van der Waals surface area (Å²) in [7, 11) is 0. The van der Waals surface area contributed by atoms with Crippen LogP contribution in [0, 0.1) is 10.1 Å². The number of hydrogen-bond acceptors (Lipinski definition) is 5. The van der Waals surface area contributed by atoms with Crippen LogP contribution in [0.3, 0.4) is 0 Å². The zero-order valence-electron chi connectivity index (χ0n) is 10.7. The Morgan fingerprint density at radius 1 is 1.15 bits per heavy atom. The molecular weight excluding hydrogens is 262 g/mol. The van der Waals surface area contributed by atoms with Gasteiger partial charge >= 0.3 is 0 Å². The van der Waals surface area contributed by atoms with Crippen molar-refractivity contribution in [1.29, 1.82) is 0 Å². The molecule has 1 aromatic carbocycles. The molecule has 0 atom stereocenters. The first-order valence-corrected chi connectivity index (χ1v) is 6.46. The lowest BCUT2D eigenvalue weighted by atomic mass is 10.1. The van der Waals surface area contributed by atoms with Gasteiger partial charge in [-0.2, -0.15) is 0 Å². The molecule has 1 N–H and O–H groups in total. The van der Waals surface area contributed by atoms with Crippen LogP contribution in [0.15, 0.2) is 18.2 Å². The summed E-state index contributed by atoms with van der Waals surface area (Å²) in [5.74, 6) is -0.757. The number of imide groups is 1. The number of hydrogen-bond donors (Lipinski definition) is 1. The summed E-state index contributed by atoms with van der Waals surface area (Å²) in [6.07, 6.45) is 1.43. The fourth-order valence-electron chi connectivity index (χ4n) is 2.76. The molecule has 2 aliphatic heterocycles. The highest BCUT2D eigenvalue weighted by Gasteiger charge is 2.40. The van der Waals surface area contributed by atoms with Crippen LogP contribution in [0.25, 0.3) is 0 Å². The zero-order valence-corrected chi connectivity index (χ0v) is 10.7. The average Bonchev–Trinajstić information content (AvgIpc) is 2.71. The number of carbonyl (C=O) groups excluding carboxylic acids is 2. The van der Waals surface area contributed by atoms with Gasteiger partial charge in [-0.3, -0.25) is 24.6 Å². The monoisotopic (exact) mass is 275 g/mol. The highest BCUT2D eigenvalue weighted by molar-refractivity contribution is 6.21. The molecule has 0 radical (unpaired) electrons. The Kier molecular flexibility index (Phi) is 2.98. The molecule has 1 saturated heterocycles. The van der Waals surface area contributed by atoms with E-state index in [1.165, 1.54) is 23.1 Å². The number of nitro benzene ring substituents is 1. The van der Waals surface area contributed by atoms with Gasteiger partial charge in [0.15, 0.2) is 0 Å². The summed E-state index contributed by atoms with van der Waals surface area (Å²) in [6.45, 7) is 1.52. The molecule has 0 aromatic heterocycles. The van der Waals surface area contributed by atoms with Crippen LogP contribution in [-0.4, -0.2) is 40.8 Å². The van der Waals surface area contributed by atoms with E-state index in [1.54, 1.807) is 0 Å². The molecule has 2 heterocycles. The first-order chi connectivity index (χ1) is 9.59. The van der Waals surface area contributed by atoms with E-state index in [9.17, 15) is 19.7 Å². The van der Waals surface area contributed by atoms with Crippen LogP contribution in [0.2, 0.25) is 0 Å². The van der Waals surface area contributed by atoms with E-state index in [-0.39, 0.29) is 28.8 Å². The van der Waals surface area contributed by atoms with Crippen molar-refractivity contribution in [3.63, 3.8) is 0 Å². The fraction of sp³-hybridized carbons (Fsp3) is 0.385. The van der Waals surface area contributed by atoms with Gasteiger partial charge in [0.05, 0.1) is 16.1 Å². The quantitative estimate of drug-likeness (QED) is 0.492. The number of amides is 2. The number of piperidine rings is 1. The minimum absolute atomic E-state index is 0.122. The van der Waals surface area contributed by atoms with E-state index in [1.807, 2.05) is 0 Å². The first kappa shape index (κ1) is 12.7. The molecule has 0 spiro atoms. The number of fused-ring (bicyclic) bond motifs is 1. The second-order valence-corrected chi connectivity index (χ2v) is 4.95. The van der Waals surface area contributed by atoms with Gasteiger partial charge in [0.25, 0.3) is 17.5 Å². The molecule has 7 nitrogen and oxygen atoms in total. The van der Waals surface area contributed by atoms with E-state index in [2.05, 4.69) is 5.32 Å². The number of nitro groups is 1. The highest BCUT2D eigenvalue weighted by Crippen LogP contribution is 2.30. The third-order valence-corrected chi connectivity index (χ3v) is 3.79. The van der Waals surface area contributed by atoms with Crippen LogP contribution < -0.4 is 5.32 Å². The van der Waals surface area contributed by atoms with Gasteiger partial charge < -0.3 is 5.32 Å². The molecule has 0 unspecified atom stereocenters. The molecule has 0 bridgehead atoms. The van der Waals surface area contributed by atoms with Crippen molar-refractivity contribution in [2.45, 2.75) is 18.9 Å². The number of carbonyl (C=O) groups is 2. The van der Waals surface area contributed by atoms with Crippen molar-refractivity contribution in [3.05, 3.63) is 39.4 Å². The number of benzene rings is 1. The standard InChI is InChI=1S/C13H13N3O4/c17-12-10-2-1-9(16(19)20)7-11(10)13(18)15(12)8-3-5-14-6-4-8/h1-2,7-8,14H,3-6H2. The maximum absolute atomic E-state index is 12.3. The Morgan fingerprint density at radius 3 is 2.45 bits per heavy atom. The molecule has 20 heavy (non-hydrogen) atoms.